The van der Waals surface area contributed by atoms with E-state index in [2.05, 4.69) is 24.5 Å². The van der Waals surface area contributed by atoms with Crippen LogP contribution in [0.1, 0.15) is 16.3 Å². The van der Waals surface area contributed by atoms with Crippen LogP contribution in [-0.2, 0) is 10.0 Å². The quantitative estimate of drug-likeness (QED) is 0.604. The molecule has 0 amide bonds. The van der Waals surface area contributed by atoms with Gasteiger partial charge >= 0.3 is 0 Å². The first kappa shape index (κ1) is 19.1. The molecule has 0 N–H and O–H groups in total. The van der Waals surface area contributed by atoms with Crippen molar-refractivity contribution in [3.05, 3.63) is 52.7 Å². The molecule has 1 aromatic carbocycles. The zero-order chi connectivity index (χ0) is 20.9. The van der Waals surface area contributed by atoms with Gasteiger partial charge in [0.1, 0.15) is 10.6 Å². The Morgan fingerprint density at radius 1 is 0.933 bits per heavy atom. The van der Waals surface area contributed by atoms with Gasteiger partial charge in [0.15, 0.2) is 11.7 Å². The number of anilines is 1. The van der Waals surface area contributed by atoms with E-state index in [1.165, 1.54) is 0 Å². The minimum atomic E-state index is -3.60. The summed E-state index contributed by atoms with van der Waals surface area (Å²) in [7, 11) is -3.60. The number of amidine groups is 1. The Bertz CT molecular complexity index is 1240. The smallest absolute Gasteiger partial charge is 0.285 e. The Balaban J connectivity index is 1.31. The van der Waals surface area contributed by atoms with Gasteiger partial charge in [-0.3, -0.25) is 0 Å². The van der Waals surface area contributed by atoms with Crippen molar-refractivity contribution in [1.82, 2.24) is 20.1 Å². The van der Waals surface area contributed by atoms with Gasteiger partial charge in [-0.15, -0.1) is 25.9 Å². The summed E-state index contributed by atoms with van der Waals surface area (Å²) in [6, 6.07) is 11.0. The maximum atomic E-state index is 12.3. The minimum absolute atomic E-state index is 0.289. The van der Waals surface area contributed by atoms with Crippen LogP contribution < -0.4 is 4.90 Å². The molecule has 10 heteroatoms. The van der Waals surface area contributed by atoms with E-state index in [-0.39, 0.29) is 4.90 Å². The average molecular weight is 441 g/mol. The Morgan fingerprint density at radius 3 is 2.33 bits per heavy atom. The lowest BCUT2D eigenvalue weighted by molar-refractivity contribution is 0.385. The maximum Gasteiger partial charge on any atom is 0.285 e. The fourth-order valence-corrected chi connectivity index (χ4v) is 5.96. The lowest BCUT2D eigenvalue weighted by atomic mass is 10.1. The third-order valence-corrected chi connectivity index (χ3v) is 7.72. The first-order chi connectivity index (χ1) is 14.4. The highest BCUT2D eigenvalue weighted by molar-refractivity contribution is 7.90. The average Bonchev–Trinajstić information content (AvgIpc) is 3.24. The number of nitrogens with zero attached hydrogens (tertiary/aromatic N) is 6. The molecule has 0 saturated carbocycles. The monoisotopic (exact) mass is 440 g/mol. The number of sulfonamides is 1. The molecule has 1 fully saturated rings. The van der Waals surface area contributed by atoms with E-state index in [1.807, 2.05) is 43.0 Å². The normalized spacial score (nSPS) is 17.7. The molecule has 4 heterocycles. The van der Waals surface area contributed by atoms with E-state index < -0.39 is 10.0 Å². The van der Waals surface area contributed by atoms with Gasteiger partial charge in [0.2, 0.25) is 0 Å². The summed E-state index contributed by atoms with van der Waals surface area (Å²) in [5.41, 5.74) is 2.49. The molecule has 2 aliphatic heterocycles. The summed E-state index contributed by atoms with van der Waals surface area (Å²) in [5.74, 6) is 1.36. The molecule has 0 radical (unpaired) electrons. The lowest BCUT2D eigenvalue weighted by Crippen LogP contribution is -2.49. The van der Waals surface area contributed by atoms with Gasteiger partial charge in [-0.25, -0.2) is 4.98 Å². The van der Waals surface area contributed by atoms with Crippen LogP contribution in [0.15, 0.2) is 45.7 Å². The molecule has 0 aliphatic carbocycles. The molecule has 0 spiro atoms. The fourth-order valence-electron chi connectivity index (χ4n) is 3.85. The first-order valence-corrected chi connectivity index (χ1v) is 11.9. The van der Waals surface area contributed by atoms with Crippen LogP contribution in [0.4, 0.5) is 5.82 Å². The Morgan fingerprint density at radius 2 is 1.67 bits per heavy atom. The zero-order valence-corrected chi connectivity index (χ0v) is 18.2. The molecule has 30 heavy (non-hydrogen) atoms. The Labute approximate surface area is 179 Å². The van der Waals surface area contributed by atoms with Gasteiger partial charge in [0.05, 0.1) is 15.6 Å². The van der Waals surface area contributed by atoms with Gasteiger partial charge in [-0.05, 0) is 38.1 Å². The van der Waals surface area contributed by atoms with Gasteiger partial charge < -0.3 is 9.80 Å². The van der Waals surface area contributed by atoms with Crippen molar-refractivity contribution in [2.45, 2.75) is 18.7 Å². The number of rotatable bonds is 2. The maximum absolute atomic E-state index is 12.3. The van der Waals surface area contributed by atoms with Crippen LogP contribution in [0.3, 0.4) is 0 Å². The number of aryl methyl sites for hydroxylation is 2. The molecule has 154 valence electrons. The van der Waals surface area contributed by atoms with E-state index in [1.54, 1.807) is 23.5 Å². The first-order valence-electron chi connectivity index (χ1n) is 9.65. The van der Waals surface area contributed by atoms with Crippen molar-refractivity contribution < 1.29 is 8.42 Å². The topological polar surface area (TPSA) is 91.7 Å². The summed E-state index contributed by atoms with van der Waals surface area (Å²) in [5, 5.41) is 9.84. The van der Waals surface area contributed by atoms with Crippen LogP contribution in [0.2, 0.25) is 0 Å². The van der Waals surface area contributed by atoms with Crippen molar-refractivity contribution in [3.8, 4) is 10.6 Å². The largest absolute Gasteiger partial charge is 0.352 e. The van der Waals surface area contributed by atoms with Gasteiger partial charge in [0.25, 0.3) is 10.0 Å². The third-order valence-electron chi connectivity index (χ3n) is 5.30. The van der Waals surface area contributed by atoms with Gasteiger partial charge in [0, 0.05) is 31.7 Å². The summed E-state index contributed by atoms with van der Waals surface area (Å²) in [6.45, 7) is 6.74. The van der Waals surface area contributed by atoms with E-state index in [4.69, 9.17) is 0 Å². The van der Waals surface area contributed by atoms with Crippen molar-refractivity contribution in [2.75, 3.05) is 31.1 Å². The second-order valence-electron chi connectivity index (χ2n) is 7.28. The van der Waals surface area contributed by atoms with Crippen molar-refractivity contribution >= 4 is 33.0 Å². The summed E-state index contributed by atoms with van der Waals surface area (Å²) in [6.07, 6.45) is 0. The van der Waals surface area contributed by atoms with Gasteiger partial charge in [-0.1, -0.05) is 12.1 Å². The highest BCUT2D eigenvalue weighted by Crippen LogP contribution is 2.30. The molecule has 0 unspecified atom stereocenters. The van der Waals surface area contributed by atoms with Crippen molar-refractivity contribution in [1.29, 1.82) is 0 Å². The summed E-state index contributed by atoms with van der Waals surface area (Å²) < 4.78 is 28.7. The fraction of sp³-hybridized carbons (Fsp3) is 0.300. The predicted molar refractivity (Wildman–Crippen MR) is 117 cm³/mol. The number of aromatic nitrogens is 3. The van der Waals surface area contributed by atoms with E-state index in [0.717, 1.165) is 27.1 Å². The molecule has 2 aliphatic rings. The lowest BCUT2D eigenvalue weighted by Gasteiger charge is -2.36. The van der Waals surface area contributed by atoms with Crippen LogP contribution >= 0.6 is 11.3 Å². The number of fused-ring (bicyclic) bond motifs is 1. The third kappa shape index (κ3) is 3.25. The minimum Gasteiger partial charge on any atom is -0.352 e. The molecule has 1 saturated heterocycles. The van der Waals surface area contributed by atoms with E-state index in [0.29, 0.717) is 37.6 Å². The van der Waals surface area contributed by atoms with Crippen LogP contribution in [0.25, 0.3) is 10.6 Å². The SMILES string of the molecule is Cc1nc(C)c(-c2ccc(N3CCN(C4=NS(=O)(=O)c5ccccc54)CC3)nn2)s1. The molecular weight excluding hydrogens is 420 g/mol. The molecular formula is C20H20N6O2S2. The Hall–Kier alpha value is -2.85. The second-order valence-corrected chi connectivity index (χ2v) is 10.1. The van der Waals surface area contributed by atoms with Gasteiger partial charge in [-0.2, -0.15) is 8.42 Å². The molecule has 0 atom stereocenters. The number of piperazine rings is 1. The number of hydrogen-bond donors (Lipinski definition) is 0. The van der Waals surface area contributed by atoms with Crippen LogP contribution in [-0.4, -0.2) is 60.5 Å². The van der Waals surface area contributed by atoms with Crippen molar-refractivity contribution in [3.63, 3.8) is 0 Å². The highest BCUT2D eigenvalue weighted by Gasteiger charge is 2.33. The summed E-state index contributed by atoms with van der Waals surface area (Å²) >= 11 is 1.62. The van der Waals surface area contributed by atoms with Crippen molar-refractivity contribution in [2.24, 2.45) is 4.40 Å². The predicted octanol–water partition coefficient (Wildman–Crippen LogP) is 2.49. The number of benzene rings is 1. The Kier molecular flexibility index (Phi) is 4.55. The number of hydrogen-bond acceptors (Lipinski definition) is 8. The van der Waals surface area contributed by atoms with Crippen LogP contribution in [0.5, 0.6) is 0 Å². The second kappa shape index (κ2) is 7.13. The zero-order valence-electron chi connectivity index (χ0n) is 16.6. The molecule has 0 bridgehead atoms. The van der Waals surface area contributed by atoms with E-state index in [9.17, 15) is 8.42 Å². The standard InChI is InChI=1S/C20H20N6O2S2/c1-13-19(29-14(2)21-13)16-7-8-18(23-22-16)25-9-11-26(12-10-25)20-15-5-3-4-6-17(15)30(27,28)24-20/h3-8H,9-12H2,1-2H3. The molecule has 5 rings (SSSR count). The van der Waals surface area contributed by atoms with Crippen LogP contribution in [0, 0.1) is 13.8 Å². The molecule has 3 aromatic rings. The molecule has 8 nitrogen and oxygen atoms in total. The summed E-state index contributed by atoms with van der Waals surface area (Å²) in [4.78, 5) is 9.99. The number of thiazole rings is 1. The molecule has 2 aromatic heterocycles. The highest BCUT2D eigenvalue weighted by atomic mass is 32.2. The van der Waals surface area contributed by atoms with E-state index >= 15 is 0 Å².